The molecule has 0 aliphatic carbocycles. The van der Waals surface area contributed by atoms with E-state index in [0.717, 1.165) is 11.3 Å². The van der Waals surface area contributed by atoms with Gasteiger partial charge in [0.25, 0.3) is 0 Å². The maximum absolute atomic E-state index is 5.09. The summed E-state index contributed by atoms with van der Waals surface area (Å²) in [7, 11) is 3.29. The summed E-state index contributed by atoms with van der Waals surface area (Å²) in [6.45, 7) is 0.546. The van der Waals surface area contributed by atoms with Crippen molar-refractivity contribution in [2.75, 3.05) is 14.2 Å². The number of hydrogen-bond donors (Lipinski definition) is 0. The Morgan fingerprint density at radius 1 is 1.45 bits per heavy atom. The zero-order valence-corrected chi connectivity index (χ0v) is 6.76. The van der Waals surface area contributed by atoms with Crippen LogP contribution in [-0.4, -0.2) is 14.2 Å². The average Bonchev–Trinajstić information content (AvgIpc) is 2.06. The molecule has 0 unspecified atom stereocenters. The molecule has 0 aliphatic heterocycles. The fourth-order valence-corrected chi connectivity index (χ4v) is 0.904. The second-order valence-corrected chi connectivity index (χ2v) is 2.15. The summed E-state index contributed by atoms with van der Waals surface area (Å²) in [6.07, 6.45) is 0. The zero-order chi connectivity index (χ0) is 8.10. The maximum Gasteiger partial charge on any atom is 0.125 e. The van der Waals surface area contributed by atoms with Crippen molar-refractivity contribution in [2.24, 2.45) is 0 Å². The number of hydrogen-bond acceptors (Lipinski definition) is 2. The van der Waals surface area contributed by atoms with Gasteiger partial charge in [-0.05, 0) is 12.1 Å². The van der Waals surface area contributed by atoms with Crippen molar-refractivity contribution >= 4 is 0 Å². The first kappa shape index (κ1) is 8.08. The molecule has 1 aromatic rings. The van der Waals surface area contributed by atoms with Gasteiger partial charge in [0, 0.05) is 12.7 Å². The molecule has 1 aromatic carbocycles. The van der Waals surface area contributed by atoms with Crippen LogP contribution in [0.2, 0.25) is 0 Å². The van der Waals surface area contributed by atoms with E-state index in [0.29, 0.717) is 6.61 Å². The molecule has 2 heteroatoms. The Hall–Kier alpha value is -1.02. The van der Waals surface area contributed by atoms with Crippen LogP contribution in [0.4, 0.5) is 0 Å². The van der Waals surface area contributed by atoms with E-state index in [2.05, 4.69) is 6.07 Å². The first-order chi connectivity index (χ1) is 5.38. The molecule has 0 heterocycles. The third-order valence-electron chi connectivity index (χ3n) is 1.41. The molecule has 1 rings (SSSR count). The molecule has 0 spiro atoms. The standard InChI is InChI=1S/C9H11O2/c1-10-7-8-5-3-4-6-9(8)11-2/h3-4,6H,7H2,1-2H3. The highest BCUT2D eigenvalue weighted by Crippen LogP contribution is 2.16. The third-order valence-corrected chi connectivity index (χ3v) is 1.41. The SMILES string of the molecule is COCc1[c]cccc1OC. The van der Waals surface area contributed by atoms with Gasteiger partial charge in [-0.3, -0.25) is 0 Å². The lowest BCUT2D eigenvalue weighted by Gasteiger charge is -2.05. The van der Waals surface area contributed by atoms with Crippen LogP contribution in [0.5, 0.6) is 5.75 Å². The number of methoxy groups -OCH3 is 2. The summed E-state index contributed by atoms with van der Waals surface area (Å²) in [5.74, 6) is 0.828. The number of ether oxygens (including phenoxy) is 2. The Morgan fingerprint density at radius 3 is 2.91 bits per heavy atom. The van der Waals surface area contributed by atoms with Gasteiger partial charge in [-0.1, -0.05) is 12.1 Å². The van der Waals surface area contributed by atoms with Crippen LogP contribution in [0.3, 0.4) is 0 Å². The Labute approximate surface area is 66.8 Å². The van der Waals surface area contributed by atoms with Crippen molar-refractivity contribution in [1.82, 2.24) is 0 Å². The lowest BCUT2D eigenvalue weighted by Crippen LogP contribution is -1.92. The first-order valence-electron chi connectivity index (χ1n) is 3.41. The highest BCUT2D eigenvalue weighted by Gasteiger charge is 1.99. The Morgan fingerprint density at radius 2 is 2.27 bits per heavy atom. The molecule has 0 N–H and O–H groups in total. The number of benzene rings is 1. The molecule has 0 bridgehead atoms. The van der Waals surface area contributed by atoms with E-state index in [9.17, 15) is 0 Å². The van der Waals surface area contributed by atoms with Crippen LogP contribution >= 0.6 is 0 Å². The molecular formula is C9H11O2. The normalized spacial score (nSPS) is 9.64. The molecule has 0 aromatic heterocycles. The lowest BCUT2D eigenvalue weighted by atomic mass is 10.2. The largest absolute Gasteiger partial charge is 0.496 e. The summed E-state index contributed by atoms with van der Waals surface area (Å²) in [5, 5.41) is 0. The van der Waals surface area contributed by atoms with Gasteiger partial charge in [0.1, 0.15) is 5.75 Å². The van der Waals surface area contributed by atoms with Crippen LogP contribution in [-0.2, 0) is 11.3 Å². The maximum atomic E-state index is 5.09. The molecule has 1 radical (unpaired) electrons. The topological polar surface area (TPSA) is 18.5 Å². The van der Waals surface area contributed by atoms with Crippen molar-refractivity contribution < 1.29 is 9.47 Å². The molecule has 0 atom stereocenters. The van der Waals surface area contributed by atoms with Crippen LogP contribution in [0.15, 0.2) is 18.2 Å². The summed E-state index contributed by atoms with van der Waals surface area (Å²) < 4.78 is 10.0. The van der Waals surface area contributed by atoms with Crippen molar-refractivity contribution in [3.05, 3.63) is 29.8 Å². The van der Waals surface area contributed by atoms with Gasteiger partial charge >= 0.3 is 0 Å². The second kappa shape index (κ2) is 3.98. The van der Waals surface area contributed by atoms with E-state index < -0.39 is 0 Å². The smallest absolute Gasteiger partial charge is 0.125 e. The molecule has 0 saturated carbocycles. The molecule has 0 amide bonds. The highest BCUT2D eigenvalue weighted by atomic mass is 16.5. The molecule has 2 nitrogen and oxygen atoms in total. The second-order valence-electron chi connectivity index (χ2n) is 2.15. The van der Waals surface area contributed by atoms with Gasteiger partial charge in [-0.2, -0.15) is 0 Å². The van der Waals surface area contributed by atoms with Crippen molar-refractivity contribution in [2.45, 2.75) is 6.61 Å². The average molecular weight is 151 g/mol. The van der Waals surface area contributed by atoms with Crippen LogP contribution in [0, 0.1) is 6.07 Å². The summed E-state index contributed by atoms with van der Waals surface area (Å²) >= 11 is 0. The highest BCUT2D eigenvalue weighted by molar-refractivity contribution is 5.31. The zero-order valence-electron chi connectivity index (χ0n) is 6.76. The van der Waals surface area contributed by atoms with E-state index >= 15 is 0 Å². The Balaban J connectivity index is 2.83. The van der Waals surface area contributed by atoms with Crippen LogP contribution in [0.1, 0.15) is 5.56 Å². The van der Waals surface area contributed by atoms with Crippen LogP contribution in [0.25, 0.3) is 0 Å². The lowest BCUT2D eigenvalue weighted by molar-refractivity contribution is 0.181. The third kappa shape index (κ3) is 1.95. The van der Waals surface area contributed by atoms with E-state index in [-0.39, 0.29) is 0 Å². The Kier molecular flexibility index (Phi) is 2.93. The van der Waals surface area contributed by atoms with Crippen molar-refractivity contribution in [3.8, 4) is 5.75 Å². The predicted octanol–water partition coefficient (Wildman–Crippen LogP) is 1.64. The number of rotatable bonds is 3. The van der Waals surface area contributed by atoms with Gasteiger partial charge in [0.15, 0.2) is 0 Å². The molecular weight excluding hydrogens is 140 g/mol. The van der Waals surface area contributed by atoms with Gasteiger partial charge in [0.2, 0.25) is 0 Å². The van der Waals surface area contributed by atoms with Gasteiger partial charge in [-0.25, -0.2) is 0 Å². The molecule has 11 heavy (non-hydrogen) atoms. The van der Waals surface area contributed by atoms with E-state index in [1.54, 1.807) is 14.2 Å². The van der Waals surface area contributed by atoms with E-state index in [1.165, 1.54) is 0 Å². The van der Waals surface area contributed by atoms with Crippen LogP contribution < -0.4 is 4.74 Å². The minimum atomic E-state index is 0.546. The fraction of sp³-hybridized carbons (Fsp3) is 0.333. The molecule has 59 valence electrons. The van der Waals surface area contributed by atoms with Crippen molar-refractivity contribution in [1.29, 1.82) is 0 Å². The van der Waals surface area contributed by atoms with Crippen molar-refractivity contribution in [3.63, 3.8) is 0 Å². The first-order valence-corrected chi connectivity index (χ1v) is 3.41. The summed E-state index contributed by atoms with van der Waals surface area (Å²) in [6, 6.07) is 8.66. The van der Waals surface area contributed by atoms with E-state index in [1.807, 2.05) is 18.2 Å². The quantitative estimate of drug-likeness (QED) is 0.653. The van der Waals surface area contributed by atoms with Gasteiger partial charge in [-0.15, -0.1) is 0 Å². The molecule has 0 aliphatic rings. The fourth-order valence-electron chi connectivity index (χ4n) is 0.904. The monoisotopic (exact) mass is 151 g/mol. The minimum Gasteiger partial charge on any atom is -0.496 e. The molecule has 0 fully saturated rings. The van der Waals surface area contributed by atoms with Gasteiger partial charge < -0.3 is 9.47 Å². The van der Waals surface area contributed by atoms with Gasteiger partial charge in [0.05, 0.1) is 13.7 Å². The summed E-state index contributed by atoms with van der Waals surface area (Å²) in [5.41, 5.74) is 0.956. The minimum absolute atomic E-state index is 0.546. The van der Waals surface area contributed by atoms with E-state index in [4.69, 9.17) is 9.47 Å². The summed E-state index contributed by atoms with van der Waals surface area (Å²) in [4.78, 5) is 0. The molecule has 0 saturated heterocycles. The predicted molar refractivity (Wildman–Crippen MR) is 42.5 cm³/mol. The Bertz CT molecular complexity index is 221.